The Morgan fingerprint density at radius 1 is 1.26 bits per heavy atom. The van der Waals surface area contributed by atoms with Crippen molar-refractivity contribution in [2.45, 2.75) is 19.1 Å². The second-order valence-electron chi connectivity index (χ2n) is 4.79. The number of nitrogens with zero attached hydrogens (tertiary/aromatic N) is 1. The third kappa shape index (κ3) is 2.85. The van der Waals surface area contributed by atoms with Crippen LogP contribution in [0.4, 0.5) is 0 Å². The van der Waals surface area contributed by atoms with Crippen molar-refractivity contribution in [2.75, 3.05) is 19.8 Å². The molecule has 1 saturated heterocycles. The topological polar surface area (TPSA) is 40.6 Å². The summed E-state index contributed by atoms with van der Waals surface area (Å²) in [5, 5.41) is 1.08. The molecular weight excluding hydrogens is 242 g/mol. The average molecular weight is 259 g/mol. The van der Waals surface area contributed by atoms with Gasteiger partial charge in [0.05, 0.1) is 25.3 Å². The van der Waals surface area contributed by atoms with Crippen LogP contribution in [-0.2, 0) is 9.47 Å². The maximum atomic E-state index is 5.75. The summed E-state index contributed by atoms with van der Waals surface area (Å²) in [6.07, 6.45) is 2.51. The molecule has 100 valence electrons. The van der Waals surface area contributed by atoms with Gasteiger partial charge in [-0.15, -0.1) is 0 Å². The summed E-state index contributed by atoms with van der Waals surface area (Å²) >= 11 is 0. The molecule has 0 unspecified atom stereocenters. The lowest BCUT2D eigenvalue weighted by molar-refractivity contribution is -0.150. The predicted molar refractivity (Wildman–Crippen MR) is 72.2 cm³/mol. The molecule has 2 aromatic rings. The smallest absolute Gasteiger partial charge is 0.168 e. The maximum absolute atomic E-state index is 5.75. The van der Waals surface area contributed by atoms with Crippen LogP contribution in [0.3, 0.4) is 0 Å². The number of rotatable bonds is 4. The van der Waals surface area contributed by atoms with E-state index in [1.165, 1.54) is 0 Å². The van der Waals surface area contributed by atoms with Gasteiger partial charge in [-0.25, -0.2) is 0 Å². The molecule has 0 aliphatic carbocycles. The minimum Gasteiger partial charge on any atom is -0.493 e. The number of aromatic nitrogens is 1. The second-order valence-corrected chi connectivity index (χ2v) is 4.79. The van der Waals surface area contributed by atoms with Crippen LogP contribution in [-0.4, -0.2) is 30.6 Å². The van der Waals surface area contributed by atoms with Crippen LogP contribution < -0.4 is 4.74 Å². The minimum absolute atomic E-state index is 0.488. The molecule has 1 aromatic carbocycles. The molecular formula is C15H17NO3. The third-order valence-corrected chi connectivity index (χ3v) is 3.30. The van der Waals surface area contributed by atoms with Gasteiger partial charge >= 0.3 is 0 Å². The fraction of sp³-hybridized carbons (Fsp3) is 0.400. The van der Waals surface area contributed by atoms with Gasteiger partial charge in [-0.05, 0) is 31.2 Å². The number of benzene rings is 1. The monoisotopic (exact) mass is 259 g/mol. The van der Waals surface area contributed by atoms with Crippen molar-refractivity contribution in [2.24, 2.45) is 0 Å². The molecule has 0 saturated carbocycles. The highest BCUT2D eigenvalue weighted by atomic mass is 16.7. The van der Waals surface area contributed by atoms with Gasteiger partial charge in [0.1, 0.15) is 5.75 Å². The van der Waals surface area contributed by atoms with Crippen LogP contribution in [0.25, 0.3) is 10.9 Å². The second kappa shape index (κ2) is 5.15. The first-order chi connectivity index (χ1) is 9.25. The highest BCUT2D eigenvalue weighted by Crippen LogP contribution is 2.24. The molecule has 1 aromatic heterocycles. The van der Waals surface area contributed by atoms with E-state index in [0.717, 1.165) is 23.1 Å². The summed E-state index contributed by atoms with van der Waals surface area (Å²) in [6, 6.07) is 9.86. The van der Waals surface area contributed by atoms with Gasteiger partial charge in [-0.3, -0.25) is 4.98 Å². The van der Waals surface area contributed by atoms with Gasteiger partial charge in [-0.2, -0.15) is 0 Å². The lowest BCUT2D eigenvalue weighted by Gasteiger charge is -2.22. The van der Waals surface area contributed by atoms with Gasteiger partial charge < -0.3 is 14.2 Å². The molecule has 4 nitrogen and oxygen atoms in total. The van der Waals surface area contributed by atoms with E-state index in [2.05, 4.69) is 4.98 Å². The normalized spacial score (nSPS) is 17.7. The SMILES string of the molecule is CC1(CCOc2ccc3ncccc3c2)OCCO1. The highest BCUT2D eigenvalue weighted by Gasteiger charge is 2.30. The van der Waals surface area contributed by atoms with E-state index < -0.39 is 5.79 Å². The Morgan fingerprint density at radius 3 is 2.95 bits per heavy atom. The third-order valence-electron chi connectivity index (χ3n) is 3.30. The van der Waals surface area contributed by atoms with Crippen molar-refractivity contribution in [1.29, 1.82) is 0 Å². The van der Waals surface area contributed by atoms with Gasteiger partial charge in [0.25, 0.3) is 0 Å². The fourth-order valence-corrected chi connectivity index (χ4v) is 2.20. The molecule has 3 rings (SSSR count). The first-order valence-corrected chi connectivity index (χ1v) is 6.51. The Bertz CT molecular complexity index is 564. The molecule has 1 aliphatic rings. The van der Waals surface area contributed by atoms with E-state index >= 15 is 0 Å². The number of fused-ring (bicyclic) bond motifs is 1. The van der Waals surface area contributed by atoms with E-state index in [0.29, 0.717) is 19.8 Å². The summed E-state index contributed by atoms with van der Waals surface area (Å²) < 4.78 is 16.8. The predicted octanol–water partition coefficient (Wildman–Crippen LogP) is 2.77. The highest BCUT2D eigenvalue weighted by molar-refractivity contribution is 5.79. The molecule has 1 aliphatic heterocycles. The molecule has 1 fully saturated rings. The lowest BCUT2D eigenvalue weighted by Crippen LogP contribution is -2.27. The molecule has 0 N–H and O–H groups in total. The molecule has 4 heteroatoms. The fourth-order valence-electron chi connectivity index (χ4n) is 2.20. The summed E-state index contributed by atoms with van der Waals surface area (Å²) in [5.41, 5.74) is 0.976. The largest absolute Gasteiger partial charge is 0.493 e. The Labute approximate surface area is 112 Å². The first kappa shape index (κ1) is 12.4. The summed E-state index contributed by atoms with van der Waals surface area (Å²) in [7, 11) is 0. The van der Waals surface area contributed by atoms with E-state index in [1.807, 2.05) is 37.3 Å². The standard InChI is InChI=1S/C15H17NO3/c1-15(18-9-10-19-15)6-8-17-13-4-5-14-12(11-13)3-2-7-16-14/h2-5,7,11H,6,8-10H2,1H3. The number of ether oxygens (including phenoxy) is 3. The van der Waals surface area contributed by atoms with Gasteiger partial charge in [0.2, 0.25) is 0 Å². The van der Waals surface area contributed by atoms with Gasteiger partial charge in [-0.1, -0.05) is 6.07 Å². The van der Waals surface area contributed by atoms with Gasteiger partial charge in [0.15, 0.2) is 5.79 Å². The Morgan fingerprint density at radius 2 is 2.11 bits per heavy atom. The molecule has 0 atom stereocenters. The molecule has 0 amide bonds. The van der Waals surface area contributed by atoms with E-state index in [4.69, 9.17) is 14.2 Å². The molecule has 19 heavy (non-hydrogen) atoms. The van der Waals surface area contributed by atoms with Crippen molar-refractivity contribution in [3.05, 3.63) is 36.5 Å². The Hall–Kier alpha value is -1.65. The molecule has 0 spiro atoms. The van der Waals surface area contributed by atoms with Crippen LogP contribution in [0.15, 0.2) is 36.5 Å². The quantitative estimate of drug-likeness (QED) is 0.846. The van der Waals surface area contributed by atoms with Gasteiger partial charge in [0, 0.05) is 18.0 Å². The Kier molecular flexibility index (Phi) is 3.36. The Balaban J connectivity index is 1.62. The zero-order valence-corrected chi connectivity index (χ0v) is 11.0. The summed E-state index contributed by atoms with van der Waals surface area (Å²) in [5.74, 6) is 0.361. The number of pyridine rings is 1. The molecule has 2 heterocycles. The lowest BCUT2D eigenvalue weighted by atomic mass is 10.2. The van der Waals surface area contributed by atoms with Crippen LogP contribution in [0.2, 0.25) is 0 Å². The minimum atomic E-state index is -0.488. The van der Waals surface area contributed by atoms with Crippen LogP contribution in [0.5, 0.6) is 5.75 Å². The summed E-state index contributed by atoms with van der Waals surface area (Å²) in [4.78, 5) is 4.28. The number of hydrogen-bond acceptors (Lipinski definition) is 4. The van der Waals surface area contributed by atoms with Crippen LogP contribution >= 0.6 is 0 Å². The van der Waals surface area contributed by atoms with E-state index in [-0.39, 0.29) is 0 Å². The first-order valence-electron chi connectivity index (χ1n) is 6.51. The number of hydrogen-bond donors (Lipinski definition) is 0. The average Bonchev–Trinajstić information content (AvgIpc) is 2.86. The van der Waals surface area contributed by atoms with E-state index in [9.17, 15) is 0 Å². The van der Waals surface area contributed by atoms with E-state index in [1.54, 1.807) is 6.20 Å². The zero-order chi connectivity index (χ0) is 13.1. The van der Waals surface area contributed by atoms with Crippen molar-refractivity contribution < 1.29 is 14.2 Å². The summed E-state index contributed by atoms with van der Waals surface area (Å²) in [6.45, 7) is 3.85. The van der Waals surface area contributed by atoms with Crippen molar-refractivity contribution in [1.82, 2.24) is 4.98 Å². The maximum Gasteiger partial charge on any atom is 0.168 e. The van der Waals surface area contributed by atoms with Crippen LogP contribution in [0, 0.1) is 0 Å². The zero-order valence-electron chi connectivity index (χ0n) is 11.0. The van der Waals surface area contributed by atoms with Crippen molar-refractivity contribution in [3.8, 4) is 5.75 Å². The molecule has 0 bridgehead atoms. The van der Waals surface area contributed by atoms with Crippen molar-refractivity contribution in [3.63, 3.8) is 0 Å². The van der Waals surface area contributed by atoms with Crippen LogP contribution in [0.1, 0.15) is 13.3 Å². The van der Waals surface area contributed by atoms with Crippen molar-refractivity contribution >= 4 is 10.9 Å². The molecule has 0 radical (unpaired) electrons.